The maximum atomic E-state index is 13.0. The molecule has 12 nitrogen and oxygen atoms in total. The van der Waals surface area contributed by atoms with Crippen molar-refractivity contribution in [2.75, 3.05) is 17.2 Å². The number of hydrogen-bond donors (Lipinski definition) is 3. The van der Waals surface area contributed by atoms with Gasteiger partial charge in [-0.2, -0.15) is 9.97 Å². The second kappa shape index (κ2) is 11.9. The van der Waals surface area contributed by atoms with Crippen molar-refractivity contribution in [3.05, 3.63) is 95.2 Å². The van der Waals surface area contributed by atoms with E-state index >= 15 is 0 Å². The lowest BCUT2D eigenvalue weighted by molar-refractivity contribution is 0.276. The summed E-state index contributed by atoms with van der Waals surface area (Å²) in [5.74, 6) is 1.31. The van der Waals surface area contributed by atoms with Crippen LogP contribution in [0.3, 0.4) is 0 Å². The standard InChI is InChI=1S/C31H31N9O3/c1-4-39-30(42)23-11-10-22(16-26(23)40(39)19(2)3)34-31-33-17-24(29-36-27(38-43-29)21-12-14-32-15-13-21)28(37-31)35-25(18-41)20-8-6-5-7-9-20/h5-17,19,25,41H,4,18H2,1-3H3,(H2,33,34,35,37)/t25-/m1/s1. The molecule has 0 saturated carbocycles. The number of rotatable bonds is 10. The highest BCUT2D eigenvalue weighted by atomic mass is 16.5. The van der Waals surface area contributed by atoms with Crippen LogP contribution in [0.4, 0.5) is 17.5 Å². The van der Waals surface area contributed by atoms with Gasteiger partial charge in [0, 0.05) is 42.4 Å². The minimum atomic E-state index is -0.462. The van der Waals surface area contributed by atoms with Gasteiger partial charge in [-0.3, -0.25) is 14.5 Å². The van der Waals surface area contributed by atoms with Crippen LogP contribution in [-0.4, -0.2) is 46.2 Å². The molecule has 6 aromatic rings. The summed E-state index contributed by atoms with van der Waals surface area (Å²) in [6.45, 7) is 6.45. The molecule has 0 saturated heterocycles. The lowest BCUT2D eigenvalue weighted by Gasteiger charge is -2.19. The Morgan fingerprint density at radius 3 is 2.53 bits per heavy atom. The van der Waals surface area contributed by atoms with Crippen LogP contribution in [-0.2, 0) is 6.54 Å². The minimum absolute atomic E-state index is 0.0218. The number of pyridine rings is 1. The average Bonchev–Trinajstić information content (AvgIpc) is 3.63. The second-order valence-corrected chi connectivity index (χ2v) is 10.2. The SMILES string of the molecule is CCn1c(=O)c2ccc(Nc3ncc(-c4nc(-c5ccncc5)no4)c(N[C@H](CO)c4ccccc4)n3)cc2n1C(C)C. The summed E-state index contributed by atoms with van der Waals surface area (Å²) in [4.78, 5) is 30.9. The molecule has 2 aromatic carbocycles. The van der Waals surface area contributed by atoms with Gasteiger partial charge in [0.2, 0.25) is 11.8 Å². The van der Waals surface area contributed by atoms with Crippen molar-refractivity contribution in [2.24, 2.45) is 0 Å². The summed E-state index contributed by atoms with van der Waals surface area (Å²) in [6.07, 6.45) is 4.91. The van der Waals surface area contributed by atoms with Crippen molar-refractivity contribution in [1.82, 2.24) is 34.5 Å². The fourth-order valence-corrected chi connectivity index (χ4v) is 5.07. The summed E-state index contributed by atoms with van der Waals surface area (Å²) in [7, 11) is 0. The number of benzene rings is 2. The van der Waals surface area contributed by atoms with Gasteiger partial charge in [-0.1, -0.05) is 35.5 Å². The molecule has 0 fully saturated rings. The summed E-state index contributed by atoms with van der Waals surface area (Å²) in [5.41, 5.74) is 3.62. The van der Waals surface area contributed by atoms with Crippen LogP contribution in [0, 0.1) is 0 Å². The van der Waals surface area contributed by atoms with E-state index in [1.807, 2.05) is 74.0 Å². The zero-order valence-corrected chi connectivity index (χ0v) is 24.0. The van der Waals surface area contributed by atoms with Gasteiger partial charge in [-0.25, -0.2) is 9.67 Å². The Morgan fingerprint density at radius 1 is 1.02 bits per heavy atom. The topological polar surface area (TPSA) is 149 Å². The van der Waals surface area contributed by atoms with E-state index in [9.17, 15) is 9.90 Å². The van der Waals surface area contributed by atoms with Gasteiger partial charge in [-0.15, -0.1) is 0 Å². The van der Waals surface area contributed by atoms with Gasteiger partial charge in [0.1, 0.15) is 11.4 Å². The number of aliphatic hydroxyl groups is 1. The third-order valence-corrected chi connectivity index (χ3v) is 7.09. The molecule has 0 aliphatic rings. The van der Waals surface area contributed by atoms with Gasteiger partial charge in [0.15, 0.2) is 0 Å². The normalized spacial score (nSPS) is 12.1. The van der Waals surface area contributed by atoms with Crippen LogP contribution in [0.2, 0.25) is 0 Å². The molecule has 43 heavy (non-hydrogen) atoms. The van der Waals surface area contributed by atoms with E-state index in [-0.39, 0.29) is 24.1 Å². The lowest BCUT2D eigenvalue weighted by Crippen LogP contribution is -2.23. The van der Waals surface area contributed by atoms with Crippen LogP contribution < -0.4 is 16.2 Å². The Balaban J connectivity index is 1.39. The van der Waals surface area contributed by atoms with Crippen molar-refractivity contribution in [3.8, 4) is 22.8 Å². The Bertz CT molecular complexity index is 1910. The van der Waals surface area contributed by atoms with Gasteiger partial charge in [0.25, 0.3) is 11.4 Å². The summed E-state index contributed by atoms with van der Waals surface area (Å²) < 4.78 is 9.36. The molecular weight excluding hydrogens is 546 g/mol. The average molecular weight is 578 g/mol. The molecule has 0 unspecified atom stereocenters. The molecule has 0 radical (unpaired) electrons. The summed E-state index contributed by atoms with van der Waals surface area (Å²) in [5, 5.41) is 21.6. The second-order valence-electron chi connectivity index (χ2n) is 10.2. The number of nitrogens with zero attached hydrogens (tertiary/aromatic N) is 7. The van der Waals surface area contributed by atoms with Gasteiger partial charge >= 0.3 is 0 Å². The monoisotopic (exact) mass is 577 g/mol. The zero-order valence-electron chi connectivity index (χ0n) is 24.0. The van der Waals surface area contributed by atoms with Crippen LogP contribution in [0.5, 0.6) is 0 Å². The highest BCUT2D eigenvalue weighted by Crippen LogP contribution is 2.31. The number of anilines is 3. The smallest absolute Gasteiger partial charge is 0.274 e. The molecule has 6 rings (SSSR count). The van der Waals surface area contributed by atoms with E-state index in [1.54, 1.807) is 35.4 Å². The zero-order chi connectivity index (χ0) is 29.9. The molecule has 4 aromatic heterocycles. The number of fused-ring (bicyclic) bond motifs is 1. The van der Waals surface area contributed by atoms with Crippen molar-refractivity contribution in [2.45, 2.75) is 39.4 Å². The molecule has 1 atom stereocenters. The third kappa shape index (κ3) is 5.47. The maximum Gasteiger partial charge on any atom is 0.274 e. The quantitative estimate of drug-likeness (QED) is 0.198. The number of hydrogen-bond acceptors (Lipinski definition) is 10. The van der Waals surface area contributed by atoms with Gasteiger partial charge in [-0.05, 0) is 56.7 Å². The van der Waals surface area contributed by atoms with Gasteiger partial charge < -0.3 is 20.3 Å². The first-order valence-corrected chi connectivity index (χ1v) is 14.0. The number of aromatic nitrogens is 7. The molecule has 0 bridgehead atoms. The Hall–Kier alpha value is -5.36. The van der Waals surface area contributed by atoms with E-state index < -0.39 is 6.04 Å². The van der Waals surface area contributed by atoms with E-state index in [2.05, 4.69) is 30.7 Å². The van der Waals surface area contributed by atoms with Gasteiger partial charge in [0.05, 0.1) is 23.6 Å². The van der Waals surface area contributed by atoms with Crippen molar-refractivity contribution in [1.29, 1.82) is 0 Å². The predicted molar refractivity (Wildman–Crippen MR) is 164 cm³/mol. The van der Waals surface area contributed by atoms with Crippen LogP contribution in [0.1, 0.15) is 38.4 Å². The Kier molecular flexibility index (Phi) is 7.67. The fraction of sp³-hybridized carbons (Fsp3) is 0.226. The molecule has 218 valence electrons. The molecule has 0 aliphatic heterocycles. The molecular formula is C31H31N9O3. The first-order chi connectivity index (χ1) is 21.0. The largest absolute Gasteiger partial charge is 0.394 e. The number of aliphatic hydroxyl groups excluding tert-OH is 1. The third-order valence-electron chi connectivity index (χ3n) is 7.09. The first kappa shape index (κ1) is 27.8. The summed E-state index contributed by atoms with van der Waals surface area (Å²) >= 11 is 0. The highest BCUT2D eigenvalue weighted by Gasteiger charge is 2.21. The Morgan fingerprint density at radius 2 is 1.81 bits per heavy atom. The molecule has 0 aliphatic carbocycles. The molecule has 3 N–H and O–H groups in total. The molecule has 4 heterocycles. The fourth-order valence-electron chi connectivity index (χ4n) is 5.07. The molecule has 0 amide bonds. The van der Waals surface area contributed by atoms with Crippen molar-refractivity contribution < 1.29 is 9.63 Å². The van der Waals surface area contributed by atoms with E-state index in [4.69, 9.17) is 9.51 Å². The first-order valence-electron chi connectivity index (χ1n) is 14.0. The van der Waals surface area contributed by atoms with Crippen LogP contribution in [0.25, 0.3) is 33.7 Å². The molecule has 0 spiro atoms. The van der Waals surface area contributed by atoms with Crippen molar-refractivity contribution >= 4 is 28.4 Å². The van der Waals surface area contributed by atoms with E-state index in [0.29, 0.717) is 40.8 Å². The highest BCUT2D eigenvalue weighted by molar-refractivity contribution is 5.83. The lowest BCUT2D eigenvalue weighted by atomic mass is 10.1. The van der Waals surface area contributed by atoms with E-state index in [1.165, 1.54) is 0 Å². The number of nitrogens with one attached hydrogen (secondary N) is 2. The Labute approximate surface area is 247 Å². The van der Waals surface area contributed by atoms with Crippen LogP contribution in [0.15, 0.2) is 88.6 Å². The summed E-state index contributed by atoms with van der Waals surface area (Å²) in [6, 6.07) is 18.4. The minimum Gasteiger partial charge on any atom is -0.394 e. The predicted octanol–water partition coefficient (Wildman–Crippen LogP) is 5.19. The van der Waals surface area contributed by atoms with Crippen LogP contribution >= 0.6 is 0 Å². The molecule has 12 heteroatoms. The maximum absolute atomic E-state index is 13.0. The van der Waals surface area contributed by atoms with Crippen molar-refractivity contribution in [3.63, 3.8) is 0 Å². The van der Waals surface area contributed by atoms with E-state index in [0.717, 1.165) is 16.6 Å².